The Kier molecular flexibility index (Phi) is 5.04. The van der Waals surface area contributed by atoms with Crippen molar-refractivity contribution in [3.8, 4) is 28.4 Å². The first-order valence-electron chi connectivity index (χ1n) is 9.79. The molecule has 1 aliphatic heterocycles. The van der Waals surface area contributed by atoms with Crippen molar-refractivity contribution >= 4 is 5.97 Å². The maximum absolute atomic E-state index is 12.5. The molecule has 1 aromatic carbocycles. The number of carbonyl (C=O) groups excluding carboxylic acids is 1. The third kappa shape index (κ3) is 3.26. The van der Waals surface area contributed by atoms with E-state index in [1.807, 2.05) is 16.7 Å². The van der Waals surface area contributed by atoms with E-state index in [1.165, 1.54) is 4.80 Å². The first-order chi connectivity index (χ1) is 14.1. The van der Waals surface area contributed by atoms with Crippen molar-refractivity contribution in [1.82, 2.24) is 29.8 Å². The molecule has 0 saturated heterocycles. The van der Waals surface area contributed by atoms with Gasteiger partial charge in [0.05, 0.1) is 37.7 Å². The summed E-state index contributed by atoms with van der Waals surface area (Å²) < 4.78 is 12.8. The highest BCUT2D eigenvalue weighted by molar-refractivity contribution is 5.88. The van der Waals surface area contributed by atoms with Crippen LogP contribution in [0.5, 0.6) is 5.75 Å². The van der Waals surface area contributed by atoms with Gasteiger partial charge in [0.2, 0.25) is 11.6 Å². The monoisotopic (exact) mass is 396 g/mol. The number of aromatic nitrogens is 6. The summed E-state index contributed by atoms with van der Waals surface area (Å²) in [5.41, 5.74) is 4.79. The van der Waals surface area contributed by atoms with Gasteiger partial charge in [0.15, 0.2) is 0 Å². The number of rotatable bonds is 6. The Hall–Kier alpha value is -3.23. The molecule has 3 heterocycles. The van der Waals surface area contributed by atoms with Crippen LogP contribution in [0, 0.1) is 0 Å². The van der Waals surface area contributed by atoms with E-state index < -0.39 is 0 Å². The van der Waals surface area contributed by atoms with Crippen LogP contribution in [0.4, 0.5) is 0 Å². The third-order valence-electron chi connectivity index (χ3n) is 5.02. The second kappa shape index (κ2) is 7.65. The number of benzene rings is 1. The first-order valence-corrected chi connectivity index (χ1v) is 9.79. The molecule has 9 heteroatoms. The number of methoxy groups -OCH3 is 1. The Morgan fingerprint density at radius 3 is 2.72 bits per heavy atom. The van der Waals surface area contributed by atoms with Crippen LogP contribution in [0.15, 0.2) is 12.1 Å². The molecule has 9 nitrogen and oxygen atoms in total. The Morgan fingerprint density at radius 2 is 2.07 bits per heavy atom. The van der Waals surface area contributed by atoms with Gasteiger partial charge in [-0.15, -0.1) is 10.2 Å². The van der Waals surface area contributed by atoms with Crippen LogP contribution in [0.1, 0.15) is 42.1 Å². The maximum atomic E-state index is 12.5. The van der Waals surface area contributed by atoms with E-state index >= 15 is 0 Å². The Morgan fingerprint density at radius 1 is 1.24 bits per heavy atom. The molecule has 0 N–H and O–H groups in total. The fourth-order valence-electron chi connectivity index (χ4n) is 3.80. The van der Waals surface area contributed by atoms with Crippen LogP contribution < -0.4 is 4.74 Å². The Labute approximate surface area is 168 Å². The van der Waals surface area contributed by atoms with E-state index in [4.69, 9.17) is 9.47 Å². The molecule has 0 radical (unpaired) electrons. The summed E-state index contributed by atoms with van der Waals surface area (Å²) in [5.74, 6) is 1.17. The van der Waals surface area contributed by atoms with E-state index in [0.717, 1.165) is 47.3 Å². The SMILES string of the molecule is CCCc1nc(C(=O)OCC)n2c1-c1cc(-c3nnn(C)n3)c(OC)cc1CC2. The molecule has 0 amide bonds. The molecule has 3 aromatic rings. The standard InChI is InChI=1S/C20H24N6O3/c1-5-7-15-17-13-11-14(18-22-24-25(3)23-18)16(28-4)10-12(13)8-9-26(17)19(21-15)20(27)29-6-2/h10-11H,5-9H2,1-4H3. The number of nitrogens with zero attached hydrogens (tertiary/aromatic N) is 6. The number of hydrogen-bond donors (Lipinski definition) is 0. The lowest BCUT2D eigenvalue weighted by Gasteiger charge is -2.22. The van der Waals surface area contributed by atoms with Crippen LogP contribution in [0.2, 0.25) is 0 Å². The van der Waals surface area contributed by atoms with Gasteiger partial charge in [-0.3, -0.25) is 0 Å². The number of imidazole rings is 1. The summed E-state index contributed by atoms with van der Waals surface area (Å²) in [5, 5.41) is 12.4. The highest BCUT2D eigenvalue weighted by Gasteiger charge is 2.29. The zero-order valence-corrected chi connectivity index (χ0v) is 17.1. The van der Waals surface area contributed by atoms with Crippen molar-refractivity contribution < 1.29 is 14.3 Å². The minimum atomic E-state index is -0.385. The highest BCUT2D eigenvalue weighted by atomic mass is 16.5. The van der Waals surface area contributed by atoms with E-state index in [0.29, 0.717) is 30.5 Å². The van der Waals surface area contributed by atoms with Gasteiger partial charge in [-0.1, -0.05) is 13.3 Å². The number of hydrogen-bond acceptors (Lipinski definition) is 7. The number of ether oxygens (including phenoxy) is 2. The van der Waals surface area contributed by atoms with Crippen molar-refractivity contribution in [1.29, 1.82) is 0 Å². The fourth-order valence-corrected chi connectivity index (χ4v) is 3.80. The summed E-state index contributed by atoms with van der Waals surface area (Å²) in [6.45, 7) is 4.88. The second-order valence-electron chi connectivity index (χ2n) is 6.91. The first kappa shape index (κ1) is 19.1. The lowest BCUT2D eigenvalue weighted by molar-refractivity contribution is 0.0506. The van der Waals surface area contributed by atoms with Crippen molar-refractivity contribution in [3.63, 3.8) is 0 Å². The minimum Gasteiger partial charge on any atom is -0.496 e. The fraction of sp³-hybridized carbons (Fsp3) is 0.450. The maximum Gasteiger partial charge on any atom is 0.374 e. The van der Waals surface area contributed by atoms with Gasteiger partial charge in [-0.05, 0) is 42.7 Å². The average Bonchev–Trinajstić information content (AvgIpc) is 3.31. The highest BCUT2D eigenvalue weighted by Crippen LogP contribution is 2.40. The molecule has 1 aliphatic rings. The molecule has 29 heavy (non-hydrogen) atoms. The predicted octanol–water partition coefficient (Wildman–Crippen LogP) is 2.43. The molecule has 2 aromatic heterocycles. The van der Waals surface area contributed by atoms with Crippen molar-refractivity contribution in [3.05, 3.63) is 29.2 Å². The van der Waals surface area contributed by atoms with Gasteiger partial charge in [0, 0.05) is 12.1 Å². The number of fused-ring (bicyclic) bond motifs is 3. The lowest BCUT2D eigenvalue weighted by atomic mass is 9.93. The topological polar surface area (TPSA) is 97.0 Å². The lowest BCUT2D eigenvalue weighted by Crippen LogP contribution is -2.18. The van der Waals surface area contributed by atoms with Gasteiger partial charge in [0.25, 0.3) is 0 Å². The zero-order valence-electron chi connectivity index (χ0n) is 17.1. The van der Waals surface area contributed by atoms with Crippen molar-refractivity contribution in [2.75, 3.05) is 13.7 Å². The largest absolute Gasteiger partial charge is 0.496 e. The van der Waals surface area contributed by atoms with Crippen molar-refractivity contribution in [2.45, 2.75) is 39.7 Å². The molecule has 0 atom stereocenters. The van der Waals surface area contributed by atoms with Crippen LogP contribution >= 0.6 is 0 Å². The van der Waals surface area contributed by atoms with Gasteiger partial charge >= 0.3 is 5.97 Å². The van der Waals surface area contributed by atoms with Gasteiger partial charge in [-0.2, -0.15) is 4.80 Å². The zero-order chi connectivity index (χ0) is 20.5. The minimum absolute atomic E-state index is 0.320. The van der Waals surface area contributed by atoms with Crippen LogP contribution in [0.3, 0.4) is 0 Å². The predicted molar refractivity (Wildman–Crippen MR) is 106 cm³/mol. The molecule has 0 saturated carbocycles. The smallest absolute Gasteiger partial charge is 0.374 e. The number of esters is 1. The number of aryl methyl sites for hydroxylation is 3. The molecule has 0 aliphatic carbocycles. The van der Waals surface area contributed by atoms with Gasteiger partial charge in [-0.25, -0.2) is 9.78 Å². The molecule has 0 fully saturated rings. The quantitative estimate of drug-likeness (QED) is 0.590. The van der Waals surface area contributed by atoms with Crippen LogP contribution in [-0.4, -0.2) is 49.4 Å². The third-order valence-corrected chi connectivity index (χ3v) is 5.02. The number of carbonyl (C=O) groups is 1. The van der Waals surface area contributed by atoms with E-state index in [9.17, 15) is 4.79 Å². The molecular formula is C20H24N6O3. The van der Waals surface area contributed by atoms with E-state index in [2.05, 4.69) is 27.3 Å². The molecule has 0 spiro atoms. The molecule has 0 bridgehead atoms. The summed E-state index contributed by atoms with van der Waals surface area (Å²) >= 11 is 0. The summed E-state index contributed by atoms with van der Waals surface area (Å²) in [7, 11) is 3.36. The molecule has 4 rings (SSSR count). The Balaban J connectivity index is 1.92. The van der Waals surface area contributed by atoms with E-state index in [-0.39, 0.29) is 5.97 Å². The normalized spacial score (nSPS) is 12.4. The Bertz CT molecular complexity index is 1070. The summed E-state index contributed by atoms with van der Waals surface area (Å²) in [4.78, 5) is 18.6. The summed E-state index contributed by atoms with van der Waals surface area (Å²) in [6, 6.07) is 4.04. The van der Waals surface area contributed by atoms with Crippen molar-refractivity contribution in [2.24, 2.45) is 7.05 Å². The van der Waals surface area contributed by atoms with Gasteiger partial charge < -0.3 is 14.0 Å². The average molecular weight is 396 g/mol. The van der Waals surface area contributed by atoms with Crippen LogP contribution in [0.25, 0.3) is 22.6 Å². The molecule has 152 valence electrons. The van der Waals surface area contributed by atoms with Gasteiger partial charge in [0.1, 0.15) is 5.75 Å². The number of tetrazole rings is 1. The summed E-state index contributed by atoms with van der Waals surface area (Å²) in [6.07, 6.45) is 2.47. The molecule has 0 unspecified atom stereocenters. The van der Waals surface area contributed by atoms with Crippen LogP contribution in [-0.2, 0) is 31.2 Å². The molecular weight excluding hydrogens is 372 g/mol. The van der Waals surface area contributed by atoms with E-state index in [1.54, 1.807) is 21.1 Å². The second-order valence-corrected chi connectivity index (χ2v) is 6.91.